The summed E-state index contributed by atoms with van der Waals surface area (Å²) in [6, 6.07) is 82.8. The maximum atomic E-state index is 6.72. The van der Waals surface area contributed by atoms with Gasteiger partial charge >= 0.3 is 0 Å². The Balaban J connectivity index is 1.04. The van der Waals surface area contributed by atoms with E-state index in [4.69, 9.17) is 4.42 Å². The highest BCUT2D eigenvalue weighted by Gasteiger charge is 2.22. The molecule has 0 aliphatic rings. The van der Waals surface area contributed by atoms with Crippen molar-refractivity contribution in [2.24, 2.45) is 0 Å². The predicted molar refractivity (Wildman–Crippen MR) is 257 cm³/mol. The molecule has 0 unspecified atom stereocenters. The molecule has 286 valence electrons. The molecule has 2 heterocycles. The van der Waals surface area contributed by atoms with Gasteiger partial charge in [-0.05, 0) is 111 Å². The molecule has 0 N–H and O–H groups in total. The molecule has 61 heavy (non-hydrogen) atoms. The SMILES string of the molecule is c1ccc(-c2ccc(N(c3ccc4cc(-c5cccc6c5c5ccccc5n6-c5ccccc5)ccc4c3)c3cccc4c3oc3ccccc34)cc2-c2ccccc2)cc1. The third-order valence-corrected chi connectivity index (χ3v) is 12.2. The van der Waals surface area contributed by atoms with E-state index in [1.165, 1.54) is 55.0 Å². The standard InChI is InChI=1S/C58H38N2O/c1-4-16-39(17-5-1)47-35-34-46(38-52(47)40-18-6-2-7-19-40)59(55-28-15-25-50-49-22-11-13-29-56(49)61-58(50)55)45-33-32-41-36-43(31-30-42(41)37-45)48-24-14-27-54-57(48)51-23-10-12-26-53(51)60(54)44-20-8-3-9-21-44/h1-38H. The third-order valence-electron chi connectivity index (χ3n) is 12.2. The van der Waals surface area contributed by atoms with Crippen molar-refractivity contribution in [2.45, 2.75) is 0 Å². The molecule has 0 aliphatic heterocycles. The summed E-state index contributed by atoms with van der Waals surface area (Å²) in [4.78, 5) is 2.36. The van der Waals surface area contributed by atoms with Crippen LogP contribution < -0.4 is 4.90 Å². The Labute approximate surface area is 353 Å². The molecule has 0 radical (unpaired) electrons. The van der Waals surface area contributed by atoms with Gasteiger partial charge in [0, 0.05) is 38.6 Å². The Hall–Kier alpha value is -8.14. The second-order valence-electron chi connectivity index (χ2n) is 15.7. The number of fused-ring (bicyclic) bond motifs is 7. The number of furan rings is 1. The van der Waals surface area contributed by atoms with Crippen molar-refractivity contribution in [3.05, 3.63) is 231 Å². The summed E-state index contributed by atoms with van der Waals surface area (Å²) in [5.41, 5.74) is 15.5. The number of anilines is 3. The quantitative estimate of drug-likeness (QED) is 0.161. The number of rotatable bonds is 7. The predicted octanol–water partition coefficient (Wildman–Crippen LogP) is 16.3. The molecule has 12 aromatic rings. The molecule has 0 amide bonds. The fourth-order valence-corrected chi connectivity index (χ4v) is 9.39. The first kappa shape index (κ1) is 34.9. The molecular weight excluding hydrogens is 741 g/mol. The zero-order chi connectivity index (χ0) is 40.3. The highest BCUT2D eigenvalue weighted by molar-refractivity contribution is 6.16. The second kappa shape index (κ2) is 14.3. The number of para-hydroxylation sites is 4. The van der Waals surface area contributed by atoms with E-state index in [0.717, 1.165) is 55.6 Å². The number of benzene rings is 10. The second-order valence-corrected chi connectivity index (χ2v) is 15.7. The molecule has 2 aromatic heterocycles. The van der Waals surface area contributed by atoms with E-state index >= 15 is 0 Å². The summed E-state index contributed by atoms with van der Waals surface area (Å²) in [6.07, 6.45) is 0. The van der Waals surface area contributed by atoms with Gasteiger partial charge in [0.2, 0.25) is 0 Å². The van der Waals surface area contributed by atoms with Gasteiger partial charge in [0.05, 0.1) is 16.7 Å². The first-order valence-corrected chi connectivity index (χ1v) is 20.8. The van der Waals surface area contributed by atoms with Crippen LogP contribution in [0.4, 0.5) is 17.1 Å². The maximum Gasteiger partial charge on any atom is 0.159 e. The van der Waals surface area contributed by atoms with Gasteiger partial charge < -0.3 is 13.9 Å². The van der Waals surface area contributed by atoms with Gasteiger partial charge in [-0.1, -0.05) is 164 Å². The van der Waals surface area contributed by atoms with Crippen LogP contribution in [0.1, 0.15) is 0 Å². The summed E-state index contributed by atoms with van der Waals surface area (Å²) in [5.74, 6) is 0. The largest absolute Gasteiger partial charge is 0.454 e. The van der Waals surface area contributed by atoms with E-state index in [2.05, 4.69) is 234 Å². The van der Waals surface area contributed by atoms with E-state index in [-0.39, 0.29) is 0 Å². The zero-order valence-corrected chi connectivity index (χ0v) is 33.2. The Morgan fingerprint density at radius 1 is 0.361 bits per heavy atom. The maximum absolute atomic E-state index is 6.72. The van der Waals surface area contributed by atoms with E-state index in [0.29, 0.717) is 0 Å². The molecule has 0 fully saturated rings. The van der Waals surface area contributed by atoms with Crippen LogP contribution in [0.25, 0.3) is 93.6 Å². The minimum atomic E-state index is 0.857. The average Bonchev–Trinajstić information content (AvgIpc) is 3.89. The first-order valence-electron chi connectivity index (χ1n) is 20.8. The molecule has 0 spiro atoms. The minimum absolute atomic E-state index is 0.857. The Bertz CT molecular complexity index is 3580. The van der Waals surface area contributed by atoms with Crippen LogP contribution >= 0.6 is 0 Å². The smallest absolute Gasteiger partial charge is 0.159 e. The molecule has 3 nitrogen and oxygen atoms in total. The van der Waals surface area contributed by atoms with Crippen molar-refractivity contribution in [1.82, 2.24) is 4.57 Å². The van der Waals surface area contributed by atoms with Gasteiger partial charge in [0.1, 0.15) is 5.58 Å². The fraction of sp³-hybridized carbons (Fsp3) is 0. The lowest BCUT2D eigenvalue weighted by Crippen LogP contribution is -2.10. The van der Waals surface area contributed by atoms with Gasteiger partial charge in [-0.15, -0.1) is 0 Å². The van der Waals surface area contributed by atoms with Crippen molar-refractivity contribution in [2.75, 3.05) is 4.90 Å². The molecule has 0 bridgehead atoms. The van der Waals surface area contributed by atoms with E-state index in [1.54, 1.807) is 0 Å². The van der Waals surface area contributed by atoms with Crippen molar-refractivity contribution in [3.8, 4) is 39.1 Å². The van der Waals surface area contributed by atoms with Gasteiger partial charge in [-0.2, -0.15) is 0 Å². The van der Waals surface area contributed by atoms with Crippen LogP contribution in [0.15, 0.2) is 235 Å². The van der Waals surface area contributed by atoms with Crippen LogP contribution in [0, 0.1) is 0 Å². The molecule has 0 aliphatic carbocycles. The number of hydrogen-bond acceptors (Lipinski definition) is 2. The monoisotopic (exact) mass is 778 g/mol. The normalized spacial score (nSPS) is 11.6. The van der Waals surface area contributed by atoms with Crippen LogP contribution in [-0.4, -0.2) is 4.57 Å². The van der Waals surface area contributed by atoms with Crippen molar-refractivity contribution < 1.29 is 4.42 Å². The lowest BCUT2D eigenvalue weighted by atomic mass is 9.93. The number of nitrogens with zero attached hydrogens (tertiary/aromatic N) is 2. The van der Waals surface area contributed by atoms with E-state index < -0.39 is 0 Å². The summed E-state index contributed by atoms with van der Waals surface area (Å²) in [7, 11) is 0. The minimum Gasteiger partial charge on any atom is -0.454 e. The Kier molecular flexibility index (Phi) is 8.17. The first-order chi connectivity index (χ1) is 30.3. The van der Waals surface area contributed by atoms with E-state index in [9.17, 15) is 0 Å². The molecule has 10 aromatic carbocycles. The van der Waals surface area contributed by atoms with Gasteiger partial charge in [0.15, 0.2) is 5.58 Å². The van der Waals surface area contributed by atoms with Crippen LogP contribution in [0.2, 0.25) is 0 Å². The molecule has 0 saturated carbocycles. The van der Waals surface area contributed by atoms with Crippen molar-refractivity contribution in [3.63, 3.8) is 0 Å². The van der Waals surface area contributed by atoms with Crippen LogP contribution in [0.5, 0.6) is 0 Å². The average molecular weight is 779 g/mol. The summed E-state index contributed by atoms with van der Waals surface area (Å²) < 4.78 is 9.10. The topological polar surface area (TPSA) is 21.3 Å². The van der Waals surface area contributed by atoms with Crippen LogP contribution in [0.3, 0.4) is 0 Å². The third kappa shape index (κ3) is 5.82. The lowest BCUT2D eigenvalue weighted by Gasteiger charge is -2.27. The lowest BCUT2D eigenvalue weighted by molar-refractivity contribution is 0.669. The molecular formula is C58H38N2O. The Morgan fingerprint density at radius 3 is 1.79 bits per heavy atom. The summed E-state index contributed by atoms with van der Waals surface area (Å²) in [5, 5.41) is 7.04. The molecule has 0 saturated heterocycles. The summed E-state index contributed by atoms with van der Waals surface area (Å²) in [6.45, 7) is 0. The van der Waals surface area contributed by atoms with E-state index in [1.807, 2.05) is 6.07 Å². The molecule has 12 rings (SSSR count). The highest BCUT2D eigenvalue weighted by atomic mass is 16.3. The molecule has 3 heteroatoms. The fourth-order valence-electron chi connectivity index (χ4n) is 9.39. The summed E-state index contributed by atoms with van der Waals surface area (Å²) >= 11 is 0. The number of hydrogen-bond donors (Lipinski definition) is 0. The van der Waals surface area contributed by atoms with Crippen molar-refractivity contribution in [1.29, 1.82) is 0 Å². The van der Waals surface area contributed by atoms with Gasteiger partial charge in [0.25, 0.3) is 0 Å². The Morgan fingerprint density at radius 2 is 0.967 bits per heavy atom. The van der Waals surface area contributed by atoms with Crippen LogP contribution in [-0.2, 0) is 0 Å². The highest BCUT2D eigenvalue weighted by Crippen LogP contribution is 2.46. The zero-order valence-electron chi connectivity index (χ0n) is 33.2. The van der Waals surface area contributed by atoms with Crippen molar-refractivity contribution >= 4 is 71.6 Å². The van der Waals surface area contributed by atoms with Gasteiger partial charge in [-0.3, -0.25) is 0 Å². The van der Waals surface area contributed by atoms with Gasteiger partial charge in [-0.25, -0.2) is 0 Å². The number of aromatic nitrogens is 1. The molecule has 0 atom stereocenters.